The molecule has 0 aliphatic heterocycles. The van der Waals surface area contributed by atoms with Crippen LogP contribution in [0.4, 0.5) is 5.69 Å². The zero-order chi connectivity index (χ0) is 18.8. The molecule has 2 aromatic carbocycles. The molecule has 6 heteroatoms. The highest BCUT2D eigenvalue weighted by atomic mass is 32.2. The van der Waals surface area contributed by atoms with Crippen LogP contribution in [0.2, 0.25) is 0 Å². The highest BCUT2D eigenvalue weighted by molar-refractivity contribution is 7.98. The summed E-state index contributed by atoms with van der Waals surface area (Å²) in [5, 5.41) is 12.7. The topological polar surface area (TPSA) is 59.8 Å². The average molecular weight is 379 g/mol. The molecule has 3 aromatic rings. The van der Waals surface area contributed by atoms with Gasteiger partial charge in [-0.15, -0.1) is 10.2 Å². The van der Waals surface area contributed by atoms with E-state index in [4.69, 9.17) is 0 Å². The van der Waals surface area contributed by atoms with Gasteiger partial charge in [-0.05, 0) is 43.5 Å². The van der Waals surface area contributed by atoms with Gasteiger partial charge in [0.2, 0.25) is 5.91 Å². The minimum atomic E-state index is -0.0765. The smallest absolute Gasteiger partial charge is 0.221 e. The Bertz CT molecular complexity index is 978. The number of rotatable bonds is 6. The third-order valence-corrected chi connectivity index (χ3v) is 5.48. The number of carbonyl (C=O) groups excluding carboxylic acids is 1. The quantitative estimate of drug-likeness (QED) is 0.632. The maximum atomic E-state index is 11.4. The molecule has 1 saturated carbocycles. The molecule has 4 rings (SSSR count). The molecule has 0 radical (unpaired) electrons. The molecule has 5 nitrogen and oxygen atoms in total. The Morgan fingerprint density at radius 1 is 1.19 bits per heavy atom. The Hall–Kier alpha value is -2.60. The number of amides is 1. The summed E-state index contributed by atoms with van der Waals surface area (Å²) < 4.78 is 2.14. The normalized spacial score (nSPS) is 13.6. The zero-order valence-electron chi connectivity index (χ0n) is 15.5. The lowest BCUT2D eigenvalue weighted by Gasteiger charge is -2.12. The van der Waals surface area contributed by atoms with Crippen molar-refractivity contribution >= 4 is 23.4 Å². The fourth-order valence-corrected chi connectivity index (χ4v) is 4.00. The van der Waals surface area contributed by atoms with Crippen LogP contribution in [0.15, 0.2) is 53.7 Å². The van der Waals surface area contributed by atoms with Gasteiger partial charge in [-0.2, -0.15) is 0 Å². The molecule has 0 atom stereocenters. The molecule has 27 heavy (non-hydrogen) atoms. The minimum Gasteiger partial charge on any atom is -0.326 e. The van der Waals surface area contributed by atoms with Crippen LogP contribution in [0.25, 0.3) is 5.69 Å². The van der Waals surface area contributed by atoms with Crippen LogP contribution >= 0.6 is 11.8 Å². The summed E-state index contributed by atoms with van der Waals surface area (Å²) in [4.78, 5) is 11.4. The number of hydrogen-bond acceptors (Lipinski definition) is 4. The van der Waals surface area contributed by atoms with Crippen LogP contribution in [0.1, 0.15) is 42.6 Å². The zero-order valence-corrected chi connectivity index (χ0v) is 16.3. The standard InChI is InChI=1S/C21H22N4OS/c1-14-5-3-6-16(11-14)13-27-21-24-23-20(17-9-10-17)25(21)19-8-4-7-18(12-19)22-15(2)26/h3-8,11-12,17H,9-10,13H2,1-2H3,(H,22,26). The van der Waals surface area contributed by atoms with Crippen LogP contribution in [0.3, 0.4) is 0 Å². The second-order valence-electron chi connectivity index (χ2n) is 6.96. The summed E-state index contributed by atoms with van der Waals surface area (Å²) in [6.45, 7) is 3.62. The predicted octanol–water partition coefficient (Wildman–Crippen LogP) is 4.70. The van der Waals surface area contributed by atoms with Crippen LogP contribution < -0.4 is 5.32 Å². The van der Waals surface area contributed by atoms with Crippen molar-refractivity contribution in [3.05, 3.63) is 65.5 Å². The maximum Gasteiger partial charge on any atom is 0.221 e. The van der Waals surface area contributed by atoms with Crippen LogP contribution in [-0.2, 0) is 10.5 Å². The van der Waals surface area contributed by atoms with E-state index in [1.165, 1.54) is 18.1 Å². The molecule has 0 saturated heterocycles. The van der Waals surface area contributed by atoms with Gasteiger partial charge in [0, 0.05) is 24.3 Å². The first kappa shape index (κ1) is 17.8. The van der Waals surface area contributed by atoms with Gasteiger partial charge in [-0.3, -0.25) is 9.36 Å². The number of anilines is 1. The highest BCUT2D eigenvalue weighted by Crippen LogP contribution is 2.41. The van der Waals surface area contributed by atoms with Crippen molar-refractivity contribution in [1.82, 2.24) is 14.8 Å². The number of aromatic nitrogens is 3. The van der Waals surface area contributed by atoms with Crippen LogP contribution in [-0.4, -0.2) is 20.7 Å². The van der Waals surface area contributed by atoms with Crippen molar-refractivity contribution in [3.63, 3.8) is 0 Å². The second-order valence-corrected chi connectivity index (χ2v) is 7.90. The lowest BCUT2D eigenvalue weighted by molar-refractivity contribution is -0.114. The van der Waals surface area contributed by atoms with Crippen molar-refractivity contribution in [3.8, 4) is 5.69 Å². The third-order valence-electron chi connectivity index (χ3n) is 4.48. The summed E-state index contributed by atoms with van der Waals surface area (Å²) in [5.74, 6) is 2.26. The molecule has 1 aliphatic rings. The molecular weight excluding hydrogens is 356 g/mol. The lowest BCUT2D eigenvalue weighted by Crippen LogP contribution is -2.07. The van der Waals surface area contributed by atoms with E-state index in [0.717, 1.165) is 41.0 Å². The summed E-state index contributed by atoms with van der Waals surface area (Å²) in [5.41, 5.74) is 4.30. The number of aryl methyl sites for hydroxylation is 1. The third kappa shape index (κ3) is 4.22. The largest absolute Gasteiger partial charge is 0.326 e. The minimum absolute atomic E-state index is 0.0765. The van der Waals surface area contributed by atoms with E-state index in [0.29, 0.717) is 5.92 Å². The number of nitrogens with zero attached hydrogens (tertiary/aromatic N) is 3. The first-order valence-corrected chi connectivity index (χ1v) is 10.1. The van der Waals surface area contributed by atoms with E-state index < -0.39 is 0 Å². The number of benzene rings is 2. The fourth-order valence-electron chi connectivity index (χ4n) is 3.10. The van der Waals surface area contributed by atoms with Crippen molar-refractivity contribution in [1.29, 1.82) is 0 Å². The molecule has 0 spiro atoms. The van der Waals surface area contributed by atoms with Gasteiger partial charge >= 0.3 is 0 Å². The van der Waals surface area contributed by atoms with Gasteiger partial charge in [0.05, 0.1) is 5.69 Å². The predicted molar refractivity (Wildman–Crippen MR) is 108 cm³/mol. The molecule has 1 amide bonds. The van der Waals surface area contributed by atoms with Crippen molar-refractivity contribution < 1.29 is 4.79 Å². The molecule has 138 valence electrons. The molecule has 1 aromatic heterocycles. The Labute approximate surface area is 163 Å². The van der Waals surface area contributed by atoms with E-state index >= 15 is 0 Å². The highest BCUT2D eigenvalue weighted by Gasteiger charge is 2.31. The number of nitrogens with one attached hydrogen (secondary N) is 1. The number of carbonyl (C=O) groups is 1. The first-order valence-electron chi connectivity index (χ1n) is 9.12. The van der Waals surface area contributed by atoms with E-state index in [1.54, 1.807) is 11.8 Å². The Morgan fingerprint density at radius 2 is 2.00 bits per heavy atom. The lowest BCUT2D eigenvalue weighted by atomic mass is 10.2. The number of hydrogen-bond donors (Lipinski definition) is 1. The van der Waals surface area contributed by atoms with Crippen LogP contribution in [0.5, 0.6) is 0 Å². The SMILES string of the molecule is CC(=O)Nc1cccc(-n2c(SCc3cccc(C)c3)nnc2C2CC2)c1. The van der Waals surface area contributed by atoms with E-state index in [1.807, 2.05) is 24.3 Å². The second kappa shape index (κ2) is 7.56. The maximum absolute atomic E-state index is 11.4. The fraction of sp³-hybridized carbons (Fsp3) is 0.286. The summed E-state index contributed by atoms with van der Waals surface area (Å²) in [6.07, 6.45) is 2.32. The van der Waals surface area contributed by atoms with E-state index in [-0.39, 0.29) is 5.91 Å². The Morgan fingerprint density at radius 3 is 2.74 bits per heavy atom. The molecule has 1 aliphatic carbocycles. The van der Waals surface area contributed by atoms with Crippen LogP contribution in [0, 0.1) is 6.92 Å². The molecule has 1 N–H and O–H groups in total. The van der Waals surface area contributed by atoms with Gasteiger partial charge in [-0.25, -0.2) is 0 Å². The molecule has 0 bridgehead atoms. The van der Waals surface area contributed by atoms with Crippen molar-refractivity contribution in [2.75, 3.05) is 5.32 Å². The van der Waals surface area contributed by atoms with Crippen molar-refractivity contribution in [2.24, 2.45) is 0 Å². The van der Waals surface area contributed by atoms with Gasteiger partial charge in [0.25, 0.3) is 0 Å². The van der Waals surface area contributed by atoms with Gasteiger partial charge in [0.15, 0.2) is 5.16 Å². The Balaban J connectivity index is 1.65. The number of thioether (sulfide) groups is 1. The monoisotopic (exact) mass is 378 g/mol. The summed E-state index contributed by atoms with van der Waals surface area (Å²) >= 11 is 1.69. The van der Waals surface area contributed by atoms with E-state index in [2.05, 4.69) is 51.3 Å². The van der Waals surface area contributed by atoms with Gasteiger partial charge < -0.3 is 5.32 Å². The summed E-state index contributed by atoms with van der Waals surface area (Å²) in [7, 11) is 0. The average Bonchev–Trinajstić information content (AvgIpc) is 3.39. The molecule has 1 fully saturated rings. The Kier molecular flexibility index (Phi) is 4.99. The van der Waals surface area contributed by atoms with Gasteiger partial charge in [0.1, 0.15) is 5.82 Å². The molecule has 0 unspecified atom stereocenters. The van der Waals surface area contributed by atoms with Crippen molar-refractivity contribution in [2.45, 2.75) is 43.5 Å². The van der Waals surface area contributed by atoms with E-state index in [9.17, 15) is 4.79 Å². The molecular formula is C21H22N4OS. The van der Waals surface area contributed by atoms with Gasteiger partial charge in [-0.1, -0.05) is 47.7 Å². The summed E-state index contributed by atoms with van der Waals surface area (Å²) in [6, 6.07) is 16.4. The first-order chi connectivity index (χ1) is 13.1. The molecule has 1 heterocycles.